The van der Waals surface area contributed by atoms with E-state index in [1.165, 1.54) is 186 Å². The van der Waals surface area contributed by atoms with E-state index >= 15 is 0 Å². The van der Waals surface area contributed by atoms with Crippen molar-refractivity contribution in [1.82, 2.24) is 0 Å². The van der Waals surface area contributed by atoms with Gasteiger partial charge in [0.25, 0.3) is 0 Å². The summed E-state index contributed by atoms with van der Waals surface area (Å²) in [5.41, 5.74) is 0. The van der Waals surface area contributed by atoms with E-state index in [9.17, 15) is 14.4 Å². The fourth-order valence-corrected chi connectivity index (χ4v) is 9.64. The van der Waals surface area contributed by atoms with Gasteiger partial charge in [0, 0.05) is 19.3 Å². The highest BCUT2D eigenvalue weighted by Gasteiger charge is 2.19. The Morgan fingerprint density at radius 2 is 0.494 bits per heavy atom. The van der Waals surface area contributed by atoms with Crippen molar-refractivity contribution in [3.05, 3.63) is 109 Å². The monoisotopic (exact) mass is 1120 g/mol. The van der Waals surface area contributed by atoms with Gasteiger partial charge in [-0.05, 0) is 103 Å². The largest absolute Gasteiger partial charge is 0.462 e. The molecule has 0 saturated heterocycles. The highest BCUT2D eigenvalue weighted by molar-refractivity contribution is 5.71. The zero-order valence-corrected chi connectivity index (χ0v) is 53.3. The van der Waals surface area contributed by atoms with Crippen molar-refractivity contribution in [2.75, 3.05) is 13.2 Å². The second-order valence-electron chi connectivity index (χ2n) is 22.7. The predicted octanol–water partition coefficient (Wildman–Crippen LogP) is 23.8. The second-order valence-corrected chi connectivity index (χ2v) is 22.7. The van der Waals surface area contributed by atoms with Gasteiger partial charge in [0.05, 0.1) is 0 Å². The number of ether oxygens (including phenoxy) is 3. The molecule has 0 heterocycles. The molecule has 0 aliphatic carbocycles. The van der Waals surface area contributed by atoms with Crippen molar-refractivity contribution in [2.45, 2.75) is 335 Å². The molecule has 0 rings (SSSR count). The molecule has 0 aliphatic rings. The van der Waals surface area contributed by atoms with Gasteiger partial charge in [-0.15, -0.1) is 0 Å². The molecule has 81 heavy (non-hydrogen) atoms. The van der Waals surface area contributed by atoms with Gasteiger partial charge < -0.3 is 14.2 Å². The molecule has 0 amide bonds. The van der Waals surface area contributed by atoms with Crippen molar-refractivity contribution < 1.29 is 28.6 Å². The van der Waals surface area contributed by atoms with Crippen molar-refractivity contribution in [1.29, 1.82) is 0 Å². The van der Waals surface area contributed by atoms with Crippen molar-refractivity contribution in [3.8, 4) is 0 Å². The number of hydrogen-bond acceptors (Lipinski definition) is 6. The molecule has 6 nitrogen and oxygen atoms in total. The molecule has 0 radical (unpaired) electrons. The summed E-state index contributed by atoms with van der Waals surface area (Å²) < 4.78 is 16.8. The Morgan fingerprint density at radius 3 is 0.790 bits per heavy atom. The lowest BCUT2D eigenvalue weighted by molar-refractivity contribution is -0.167. The Kier molecular flexibility index (Phi) is 65.2. The Bertz CT molecular complexity index is 1620. The van der Waals surface area contributed by atoms with Crippen LogP contribution in [0.25, 0.3) is 0 Å². The van der Waals surface area contributed by atoms with Crippen LogP contribution in [0.5, 0.6) is 0 Å². The molecule has 1 unspecified atom stereocenters. The van der Waals surface area contributed by atoms with E-state index in [1.807, 2.05) is 0 Å². The van der Waals surface area contributed by atoms with E-state index in [4.69, 9.17) is 14.2 Å². The van der Waals surface area contributed by atoms with E-state index in [2.05, 4.69) is 130 Å². The normalized spacial score (nSPS) is 12.8. The van der Waals surface area contributed by atoms with Crippen LogP contribution < -0.4 is 0 Å². The minimum atomic E-state index is -0.808. The molecule has 0 aliphatic heterocycles. The van der Waals surface area contributed by atoms with Gasteiger partial charge in [0.2, 0.25) is 0 Å². The van der Waals surface area contributed by atoms with Crippen molar-refractivity contribution in [3.63, 3.8) is 0 Å². The van der Waals surface area contributed by atoms with Crippen molar-refractivity contribution in [2.24, 2.45) is 0 Å². The van der Waals surface area contributed by atoms with Gasteiger partial charge in [-0.3, -0.25) is 14.4 Å². The summed E-state index contributed by atoms with van der Waals surface area (Å²) in [6.07, 6.45) is 94.2. The Labute approximate surface area is 501 Å². The SMILES string of the molecule is CC/C=C\C/C=C\C/C=C\C/C=C\C/C=C\C/C=C\C/C=C\CCCC(=O)OC(COC(=O)CCCCCCCCCCC)COC(=O)CCCCCCCCCCCCCCCCCCCCC/C=C\C/C=C\CCCCCCC. The summed E-state index contributed by atoms with van der Waals surface area (Å²) in [6, 6.07) is 0. The average molecular weight is 1130 g/mol. The number of esters is 3. The van der Waals surface area contributed by atoms with Gasteiger partial charge in [-0.1, -0.05) is 316 Å². The molecule has 6 heteroatoms. The number of allylic oxidation sites excluding steroid dienone is 18. The molecular weight excluding hydrogens is 997 g/mol. The number of carbonyl (C=O) groups excluding carboxylic acids is 3. The van der Waals surface area contributed by atoms with Gasteiger partial charge in [0.15, 0.2) is 6.10 Å². The van der Waals surface area contributed by atoms with E-state index in [0.29, 0.717) is 19.3 Å². The third-order valence-corrected chi connectivity index (χ3v) is 14.8. The van der Waals surface area contributed by atoms with Crippen LogP contribution in [0.4, 0.5) is 0 Å². The van der Waals surface area contributed by atoms with Gasteiger partial charge >= 0.3 is 17.9 Å². The smallest absolute Gasteiger partial charge is 0.306 e. The van der Waals surface area contributed by atoms with E-state index in [1.54, 1.807) is 0 Å². The summed E-state index contributed by atoms with van der Waals surface area (Å²) in [5, 5.41) is 0. The maximum Gasteiger partial charge on any atom is 0.306 e. The first-order chi connectivity index (χ1) is 40.0. The van der Waals surface area contributed by atoms with Crippen LogP contribution in [0.3, 0.4) is 0 Å². The summed E-state index contributed by atoms with van der Waals surface area (Å²) in [7, 11) is 0. The predicted molar refractivity (Wildman–Crippen MR) is 353 cm³/mol. The molecule has 1 atom stereocenters. The summed E-state index contributed by atoms with van der Waals surface area (Å²) >= 11 is 0. The highest BCUT2D eigenvalue weighted by Crippen LogP contribution is 2.17. The Morgan fingerprint density at radius 1 is 0.259 bits per heavy atom. The Balaban J connectivity index is 4.20. The van der Waals surface area contributed by atoms with Crippen LogP contribution in [-0.4, -0.2) is 37.2 Å². The third-order valence-electron chi connectivity index (χ3n) is 14.8. The van der Waals surface area contributed by atoms with Crippen LogP contribution in [0.1, 0.15) is 329 Å². The van der Waals surface area contributed by atoms with E-state index < -0.39 is 6.10 Å². The van der Waals surface area contributed by atoms with Crippen LogP contribution >= 0.6 is 0 Å². The molecule has 464 valence electrons. The molecule has 0 fully saturated rings. The number of carbonyl (C=O) groups is 3. The number of hydrogen-bond donors (Lipinski definition) is 0. The first kappa shape index (κ1) is 77.1. The zero-order valence-electron chi connectivity index (χ0n) is 53.3. The first-order valence-corrected chi connectivity index (χ1v) is 34.4. The van der Waals surface area contributed by atoms with Crippen LogP contribution in [0, 0.1) is 0 Å². The van der Waals surface area contributed by atoms with E-state index in [-0.39, 0.29) is 37.5 Å². The highest BCUT2D eigenvalue weighted by atomic mass is 16.6. The quantitative estimate of drug-likeness (QED) is 0.0261. The molecule has 0 aromatic rings. The molecule has 0 N–H and O–H groups in total. The van der Waals surface area contributed by atoms with Gasteiger partial charge in [-0.25, -0.2) is 0 Å². The fraction of sp³-hybridized carbons (Fsp3) is 0.720. The number of rotatable bonds is 62. The number of unbranched alkanes of at least 4 members (excludes halogenated alkanes) is 33. The first-order valence-electron chi connectivity index (χ1n) is 34.4. The summed E-state index contributed by atoms with van der Waals surface area (Å²) in [4.78, 5) is 38.2. The van der Waals surface area contributed by atoms with Crippen LogP contribution in [0.15, 0.2) is 109 Å². The molecular formula is C75H128O6. The second kappa shape index (κ2) is 68.6. The van der Waals surface area contributed by atoms with Crippen molar-refractivity contribution >= 4 is 17.9 Å². The molecule has 0 saturated carbocycles. The zero-order chi connectivity index (χ0) is 58.5. The summed E-state index contributed by atoms with van der Waals surface area (Å²) in [6.45, 7) is 6.48. The minimum Gasteiger partial charge on any atom is -0.462 e. The molecule has 0 aromatic heterocycles. The van der Waals surface area contributed by atoms with Crippen LogP contribution in [-0.2, 0) is 28.6 Å². The topological polar surface area (TPSA) is 78.9 Å². The maximum atomic E-state index is 12.9. The molecule has 0 spiro atoms. The lowest BCUT2D eigenvalue weighted by atomic mass is 10.0. The molecule has 0 bridgehead atoms. The fourth-order valence-electron chi connectivity index (χ4n) is 9.64. The van der Waals surface area contributed by atoms with Crippen LogP contribution in [0.2, 0.25) is 0 Å². The molecule has 0 aromatic carbocycles. The lowest BCUT2D eigenvalue weighted by Gasteiger charge is -2.18. The van der Waals surface area contributed by atoms with E-state index in [0.717, 1.165) is 96.3 Å². The summed E-state index contributed by atoms with van der Waals surface area (Å²) in [5.74, 6) is -0.951. The lowest BCUT2D eigenvalue weighted by Crippen LogP contribution is -2.30. The standard InChI is InChI=1S/C75H128O6/c1-4-7-10-13-16-19-21-23-25-27-29-31-33-34-35-36-37-38-39-40-42-43-45-47-49-51-53-56-59-62-65-68-74(77)80-71-72(70-79-73(76)67-64-61-58-55-18-15-12-9-6-3)81-75(78)69-66-63-60-57-54-52-50-48-46-44-41-32-30-28-26-24-22-20-17-14-11-8-5-2/h8,11,17,20-21,23-24,26-27,29-30,32,44,46,50,52,57,60,72H,4-7,9-10,12-16,18-19,22,25,28,31,33-43,45,47-49,51,53-56,58-59,61-71H2,1-3H3/b11-8-,20-17-,23-21-,26-24-,29-27-,32-30-,46-44-,52-50-,60-57-. The minimum absolute atomic E-state index is 0.0986. The average Bonchev–Trinajstić information content (AvgIpc) is 3.47. The third kappa shape index (κ3) is 66.8. The van der Waals surface area contributed by atoms with Gasteiger partial charge in [0.1, 0.15) is 13.2 Å². The maximum absolute atomic E-state index is 12.9. The van der Waals surface area contributed by atoms with Gasteiger partial charge in [-0.2, -0.15) is 0 Å². The Hall–Kier alpha value is -3.93.